The Morgan fingerprint density at radius 1 is 1.15 bits per heavy atom. The van der Waals surface area contributed by atoms with Gasteiger partial charge in [0.25, 0.3) is 0 Å². The van der Waals surface area contributed by atoms with Crippen LogP contribution >= 0.6 is 0 Å². The number of piperazine rings is 1. The molecular weight excluding hydrogens is 246 g/mol. The molecule has 2 atom stereocenters. The van der Waals surface area contributed by atoms with Crippen molar-refractivity contribution in [3.8, 4) is 0 Å². The number of hydrogen-bond acceptors (Lipinski definition) is 3. The first-order chi connectivity index (χ1) is 9.63. The van der Waals surface area contributed by atoms with E-state index in [0.717, 1.165) is 17.9 Å². The highest BCUT2D eigenvalue weighted by atomic mass is 15.2. The third-order valence-corrected chi connectivity index (χ3v) is 5.49. The largest absolute Gasteiger partial charge is 0.311 e. The highest BCUT2D eigenvalue weighted by Crippen LogP contribution is 2.22. The predicted molar refractivity (Wildman–Crippen MR) is 87.1 cm³/mol. The molecule has 0 radical (unpaired) electrons. The van der Waals surface area contributed by atoms with E-state index in [1.54, 1.807) is 0 Å². The van der Waals surface area contributed by atoms with Crippen LogP contribution in [0.3, 0.4) is 0 Å². The maximum absolute atomic E-state index is 3.75. The van der Waals surface area contributed by atoms with Crippen molar-refractivity contribution in [3.05, 3.63) is 0 Å². The van der Waals surface area contributed by atoms with Gasteiger partial charge in [-0.3, -0.25) is 4.90 Å². The van der Waals surface area contributed by atoms with Crippen LogP contribution in [-0.4, -0.2) is 61.2 Å². The molecule has 3 heteroatoms. The fourth-order valence-corrected chi connectivity index (χ4v) is 3.77. The molecule has 2 saturated heterocycles. The molecule has 2 unspecified atom stereocenters. The summed E-state index contributed by atoms with van der Waals surface area (Å²) in [7, 11) is 0. The van der Waals surface area contributed by atoms with Crippen LogP contribution in [0, 0.1) is 11.8 Å². The van der Waals surface area contributed by atoms with Crippen molar-refractivity contribution in [1.29, 1.82) is 0 Å². The zero-order valence-corrected chi connectivity index (χ0v) is 14.1. The SMILES string of the molecule is CCC1CNC(C(C)C)CN1CC1CCN(CC)CC1. The Labute approximate surface area is 126 Å². The van der Waals surface area contributed by atoms with E-state index in [1.807, 2.05) is 0 Å². The first-order valence-corrected chi connectivity index (χ1v) is 8.83. The zero-order chi connectivity index (χ0) is 14.5. The molecule has 0 aromatic carbocycles. The monoisotopic (exact) mass is 281 g/mol. The first kappa shape index (κ1) is 16.3. The van der Waals surface area contributed by atoms with E-state index < -0.39 is 0 Å². The van der Waals surface area contributed by atoms with Gasteiger partial charge in [0.2, 0.25) is 0 Å². The van der Waals surface area contributed by atoms with Crippen molar-refractivity contribution in [2.75, 3.05) is 39.3 Å². The van der Waals surface area contributed by atoms with Crippen LogP contribution in [0.4, 0.5) is 0 Å². The summed E-state index contributed by atoms with van der Waals surface area (Å²) in [5, 5.41) is 3.75. The van der Waals surface area contributed by atoms with Crippen LogP contribution < -0.4 is 5.32 Å². The predicted octanol–water partition coefficient (Wildman–Crippen LogP) is 2.43. The summed E-state index contributed by atoms with van der Waals surface area (Å²) >= 11 is 0. The third kappa shape index (κ3) is 4.19. The lowest BCUT2D eigenvalue weighted by atomic mass is 9.93. The topological polar surface area (TPSA) is 18.5 Å². The lowest BCUT2D eigenvalue weighted by Crippen LogP contribution is -2.59. The van der Waals surface area contributed by atoms with Crippen LogP contribution in [0.25, 0.3) is 0 Å². The van der Waals surface area contributed by atoms with Crippen molar-refractivity contribution in [2.24, 2.45) is 11.8 Å². The maximum Gasteiger partial charge on any atom is 0.0218 e. The van der Waals surface area contributed by atoms with Crippen LogP contribution in [0.2, 0.25) is 0 Å². The Bertz CT molecular complexity index is 271. The smallest absolute Gasteiger partial charge is 0.0218 e. The van der Waals surface area contributed by atoms with E-state index >= 15 is 0 Å². The Morgan fingerprint density at radius 3 is 2.40 bits per heavy atom. The molecule has 3 nitrogen and oxygen atoms in total. The number of piperidine rings is 1. The van der Waals surface area contributed by atoms with E-state index in [-0.39, 0.29) is 0 Å². The average molecular weight is 281 g/mol. The molecule has 20 heavy (non-hydrogen) atoms. The van der Waals surface area contributed by atoms with Gasteiger partial charge in [0, 0.05) is 31.7 Å². The van der Waals surface area contributed by atoms with E-state index in [9.17, 15) is 0 Å². The summed E-state index contributed by atoms with van der Waals surface area (Å²) in [5.41, 5.74) is 0. The van der Waals surface area contributed by atoms with Gasteiger partial charge in [0.05, 0.1) is 0 Å². The minimum atomic E-state index is 0.688. The Hall–Kier alpha value is -0.120. The molecule has 118 valence electrons. The molecule has 0 amide bonds. The summed E-state index contributed by atoms with van der Waals surface area (Å²) in [4.78, 5) is 5.40. The Balaban J connectivity index is 1.85. The van der Waals surface area contributed by atoms with Crippen molar-refractivity contribution >= 4 is 0 Å². The second-order valence-corrected chi connectivity index (χ2v) is 7.15. The molecule has 0 saturated carbocycles. The Morgan fingerprint density at radius 2 is 1.85 bits per heavy atom. The number of nitrogens with one attached hydrogen (secondary N) is 1. The van der Waals surface area contributed by atoms with Crippen LogP contribution in [0.15, 0.2) is 0 Å². The molecule has 2 aliphatic rings. The molecule has 0 aromatic rings. The van der Waals surface area contributed by atoms with Gasteiger partial charge in [0.15, 0.2) is 0 Å². The summed E-state index contributed by atoms with van der Waals surface area (Å²) in [5.74, 6) is 1.68. The standard InChI is InChI=1S/C17H35N3/c1-5-16-11-18-17(14(3)4)13-20(16)12-15-7-9-19(6-2)10-8-15/h14-18H,5-13H2,1-4H3. The van der Waals surface area contributed by atoms with Gasteiger partial charge in [-0.15, -0.1) is 0 Å². The summed E-state index contributed by atoms with van der Waals surface area (Å²) in [6, 6.07) is 1.45. The molecule has 0 spiro atoms. The molecule has 2 heterocycles. The number of likely N-dealkylation sites (tertiary alicyclic amines) is 1. The highest BCUT2D eigenvalue weighted by Gasteiger charge is 2.30. The molecule has 2 rings (SSSR count). The van der Waals surface area contributed by atoms with Crippen LogP contribution in [0.5, 0.6) is 0 Å². The summed E-state index contributed by atoms with van der Waals surface area (Å²) < 4.78 is 0. The average Bonchev–Trinajstić information content (AvgIpc) is 2.48. The Kier molecular flexibility index (Phi) is 6.31. The fraction of sp³-hybridized carbons (Fsp3) is 1.00. The third-order valence-electron chi connectivity index (χ3n) is 5.49. The van der Waals surface area contributed by atoms with Crippen molar-refractivity contribution < 1.29 is 0 Å². The van der Waals surface area contributed by atoms with Crippen molar-refractivity contribution in [3.63, 3.8) is 0 Å². The maximum atomic E-state index is 3.75. The molecule has 0 aromatic heterocycles. The quantitative estimate of drug-likeness (QED) is 0.835. The molecule has 0 aliphatic carbocycles. The van der Waals surface area contributed by atoms with Crippen molar-refractivity contribution in [1.82, 2.24) is 15.1 Å². The first-order valence-electron chi connectivity index (χ1n) is 8.83. The molecule has 1 N–H and O–H groups in total. The van der Waals surface area contributed by atoms with E-state index in [0.29, 0.717) is 6.04 Å². The van der Waals surface area contributed by atoms with Gasteiger partial charge in [-0.2, -0.15) is 0 Å². The molecule has 0 bridgehead atoms. The fourth-order valence-electron chi connectivity index (χ4n) is 3.77. The van der Waals surface area contributed by atoms with Crippen molar-refractivity contribution in [2.45, 2.75) is 59.0 Å². The zero-order valence-electron chi connectivity index (χ0n) is 14.1. The summed E-state index contributed by atoms with van der Waals surface area (Å²) in [6.07, 6.45) is 4.09. The number of hydrogen-bond donors (Lipinski definition) is 1. The molecular formula is C17H35N3. The number of nitrogens with zero attached hydrogens (tertiary/aromatic N) is 2. The van der Waals surface area contributed by atoms with Gasteiger partial charge in [-0.25, -0.2) is 0 Å². The summed E-state index contributed by atoms with van der Waals surface area (Å²) in [6.45, 7) is 17.0. The van der Waals surface area contributed by atoms with Crippen LogP contribution in [-0.2, 0) is 0 Å². The lowest BCUT2D eigenvalue weighted by molar-refractivity contribution is 0.0737. The minimum absolute atomic E-state index is 0.688. The number of rotatable bonds is 5. The van der Waals surface area contributed by atoms with E-state index in [2.05, 4.69) is 42.8 Å². The lowest BCUT2D eigenvalue weighted by Gasteiger charge is -2.44. The second kappa shape index (κ2) is 7.77. The van der Waals surface area contributed by atoms with Gasteiger partial charge in [-0.1, -0.05) is 27.7 Å². The van der Waals surface area contributed by atoms with Gasteiger partial charge in [0.1, 0.15) is 0 Å². The van der Waals surface area contributed by atoms with Gasteiger partial charge in [-0.05, 0) is 50.7 Å². The molecule has 2 fully saturated rings. The van der Waals surface area contributed by atoms with Gasteiger partial charge >= 0.3 is 0 Å². The van der Waals surface area contributed by atoms with Gasteiger partial charge < -0.3 is 10.2 Å². The van der Waals surface area contributed by atoms with E-state index in [4.69, 9.17) is 0 Å². The normalized spacial score (nSPS) is 31.1. The second-order valence-electron chi connectivity index (χ2n) is 7.15. The van der Waals surface area contributed by atoms with Crippen LogP contribution in [0.1, 0.15) is 47.0 Å². The highest BCUT2D eigenvalue weighted by molar-refractivity contribution is 4.88. The minimum Gasteiger partial charge on any atom is -0.311 e. The molecule has 2 aliphatic heterocycles. The van der Waals surface area contributed by atoms with E-state index in [1.165, 1.54) is 58.5 Å².